The first-order valence-corrected chi connectivity index (χ1v) is 9.54. The molecule has 1 amide bonds. The summed E-state index contributed by atoms with van der Waals surface area (Å²) >= 11 is 0. The van der Waals surface area contributed by atoms with Crippen LogP contribution >= 0.6 is 0 Å². The predicted octanol–water partition coefficient (Wildman–Crippen LogP) is -0.261. The van der Waals surface area contributed by atoms with Crippen LogP contribution in [0.5, 0.6) is 0 Å². The number of nitrogens with one attached hydrogen (secondary N) is 1. The van der Waals surface area contributed by atoms with Crippen molar-refractivity contribution in [2.24, 2.45) is 11.7 Å². The van der Waals surface area contributed by atoms with Crippen molar-refractivity contribution in [3.05, 3.63) is 0 Å². The smallest absolute Gasteiger partial charge is 0.234 e. The van der Waals surface area contributed by atoms with Crippen LogP contribution in [0, 0.1) is 5.92 Å². The van der Waals surface area contributed by atoms with Crippen molar-refractivity contribution in [3.8, 4) is 0 Å². The fourth-order valence-electron chi connectivity index (χ4n) is 3.39. The first-order valence-electron chi connectivity index (χ1n) is 7.72. The Morgan fingerprint density at radius 3 is 2.76 bits per heavy atom. The van der Waals surface area contributed by atoms with Gasteiger partial charge >= 0.3 is 0 Å². The monoisotopic (exact) mass is 317 g/mol. The maximum atomic E-state index is 12.2. The third kappa shape index (κ3) is 4.40. The minimum Gasteiger partial charge on any atom is -0.349 e. The standard InChI is InChI=1S/C14H27N3O3S/c1-3-11-8-17(6-4-12(11)15)9-13(18)16-14(2)5-7-21(19,20)10-14/h11-12H,3-10,15H2,1-2H3,(H,16,18). The van der Waals surface area contributed by atoms with Crippen molar-refractivity contribution in [2.45, 2.75) is 44.7 Å². The lowest BCUT2D eigenvalue weighted by atomic mass is 9.91. The Hall–Kier alpha value is -0.660. The van der Waals surface area contributed by atoms with Crippen LogP contribution < -0.4 is 11.1 Å². The van der Waals surface area contributed by atoms with Gasteiger partial charge in [-0.15, -0.1) is 0 Å². The molecule has 21 heavy (non-hydrogen) atoms. The first kappa shape index (κ1) is 16.7. The fraction of sp³-hybridized carbons (Fsp3) is 0.929. The zero-order chi connectivity index (χ0) is 15.7. The van der Waals surface area contributed by atoms with Gasteiger partial charge in [-0.3, -0.25) is 9.69 Å². The third-order valence-electron chi connectivity index (χ3n) is 4.71. The van der Waals surface area contributed by atoms with Crippen LogP contribution in [0.25, 0.3) is 0 Å². The maximum Gasteiger partial charge on any atom is 0.234 e. The van der Waals surface area contributed by atoms with E-state index in [1.807, 2.05) is 6.92 Å². The van der Waals surface area contributed by atoms with Crippen LogP contribution in [0.1, 0.15) is 33.1 Å². The van der Waals surface area contributed by atoms with Crippen LogP contribution in [-0.4, -0.2) is 61.9 Å². The molecular formula is C14H27N3O3S. The number of sulfone groups is 1. The molecule has 2 rings (SSSR count). The quantitative estimate of drug-likeness (QED) is 0.745. The predicted molar refractivity (Wildman–Crippen MR) is 82.6 cm³/mol. The number of likely N-dealkylation sites (tertiary alicyclic amines) is 1. The summed E-state index contributed by atoms with van der Waals surface area (Å²) in [5.41, 5.74) is 5.47. The van der Waals surface area contributed by atoms with Crippen LogP contribution in [-0.2, 0) is 14.6 Å². The average Bonchev–Trinajstić information content (AvgIpc) is 2.65. The molecule has 0 saturated carbocycles. The lowest BCUT2D eigenvalue weighted by molar-refractivity contribution is -0.124. The highest BCUT2D eigenvalue weighted by Gasteiger charge is 2.39. The van der Waals surface area contributed by atoms with Crippen molar-refractivity contribution in [2.75, 3.05) is 31.1 Å². The first-order chi connectivity index (χ1) is 9.73. The van der Waals surface area contributed by atoms with Crippen molar-refractivity contribution in [3.63, 3.8) is 0 Å². The van der Waals surface area contributed by atoms with E-state index in [9.17, 15) is 13.2 Å². The van der Waals surface area contributed by atoms with E-state index in [-0.39, 0.29) is 23.5 Å². The number of nitrogens with two attached hydrogens (primary N) is 1. The van der Waals surface area contributed by atoms with E-state index in [1.165, 1.54) is 0 Å². The van der Waals surface area contributed by atoms with Crippen LogP contribution in [0.15, 0.2) is 0 Å². The molecule has 3 unspecified atom stereocenters. The summed E-state index contributed by atoms with van der Waals surface area (Å²) in [6.07, 6.45) is 2.44. The largest absolute Gasteiger partial charge is 0.349 e. The van der Waals surface area contributed by atoms with Crippen molar-refractivity contribution in [1.29, 1.82) is 0 Å². The van der Waals surface area contributed by atoms with Gasteiger partial charge in [-0.1, -0.05) is 13.3 Å². The number of carbonyl (C=O) groups is 1. The second-order valence-electron chi connectivity index (χ2n) is 6.81. The van der Waals surface area contributed by atoms with E-state index in [0.29, 0.717) is 18.9 Å². The number of rotatable bonds is 4. The lowest BCUT2D eigenvalue weighted by Gasteiger charge is -2.36. The summed E-state index contributed by atoms with van der Waals surface area (Å²) in [7, 11) is -3.00. The molecule has 6 nitrogen and oxygen atoms in total. The summed E-state index contributed by atoms with van der Waals surface area (Å²) in [5, 5.41) is 2.91. The normalized spacial score (nSPS) is 36.5. The highest BCUT2D eigenvalue weighted by molar-refractivity contribution is 7.91. The fourth-order valence-corrected chi connectivity index (χ4v) is 5.48. The average molecular weight is 317 g/mol. The topological polar surface area (TPSA) is 92.5 Å². The molecule has 0 aromatic carbocycles. The lowest BCUT2D eigenvalue weighted by Crippen LogP contribution is -2.53. The number of amides is 1. The molecule has 122 valence electrons. The molecule has 3 atom stereocenters. The molecular weight excluding hydrogens is 290 g/mol. The number of nitrogens with zero attached hydrogens (tertiary/aromatic N) is 1. The molecule has 2 aliphatic rings. The Morgan fingerprint density at radius 2 is 2.19 bits per heavy atom. The van der Waals surface area contributed by atoms with E-state index in [1.54, 1.807) is 0 Å². The van der Waals surface area contributed by atoms with Gasteiger partial charge in [-0.25, -0.2) is 8.42 Å². The van der Waals surface area contributed by atoms with E-state index in [0.717, 1.165) is 25.9 Å². The summed E-state index contributed by atoms with van der Waals surface area (Å²) in [6, 6.07) is 0.229. The van der Waals surface area contributed by atoms with Gasteiger partial charge in [0.2, 0.25) is 5.91 Å². The van der Waals surface area contributed by atoms with E-state index < -0.39 is 15.4 Å². The van der Waals surface area contributed by atoms with E-state index in [4.69, 9.17) is 5.73 Å². The third-order valence-corrected chi connectivity index (χ3v) is 6.62. The minimum atomic E-state index is -3.00. The molecule has 0 aromatic rings. The minimum absolute atomic E-state index is 0.0498. The van der Waals surface area contributed by atoms with Gasteiger partial charge in [0.1, 0.15) is 0 Å². The summed E-state index contributed by atoms with van der Waals surface area (Å²) in [5.74, 6) is 0.572. The molecule has 0 bridgehead atoms. The second kappa shape index (κ2) is 6.22. The van der Waals surface area contributed by atoms with Gasteiger partial charge in [0.15, 0.2) is 9.84 Å². The SMILES string of the molecule is CCC1CN(CC(=O)NC2(C)CCS(=O)(=O)C2)CCC1N. The second-order valence-corrected chi connectivity index (χ2v) is 8.99. The Kier molecular flexibility index (Phi) is 4.95. The molecule has 0 aromatic heterocycles. The zero-order valence-electron chi connectivity index (χ0n) is 13.0. The van der Waals surface area contributed by atoms with E-state index in [2.05, 4.69) is 17.1 Å². The number of hydrogen-bond donors (Lipinski definition) is 2. The molecule has 2 aliphatic heterocycles. The summed E-state index contributed by atoms with van der Waals surface area (Å²) in [4.78, 5) is 14.3. The molecule has 3 N–H and O–H groups in total. The van der Waals surface area contributed by atoms with Crippen LogP contribution in [0.3, 0.4) is 0 Å². The number of carbonyl (C=O) groups excluding carboxylic acids is 1. The van der Waals surface area contributed by atoms with Gasteiger partial charge in [-0.05, 0) is 25.7 Å². The maximum absolute atomic E-state index is 12.2. The molecule has 0 aliphatic carbocycles. The van der Waals surface area contributed by atoms with Gasteiger partial charge in [0, 0.05) is 19.1 Å². The Bertz CT molecular complexity index is 494. The molecule has 2 heterocycles. The van der Waals surface area contributed by atoms with Gasteiger partial charge < -0.3 is 11.1 Å². The van der Waals surface area contributed by atoms with Gasteiger partial charge in [-0.2, -0.15) is 0 Å². The molecule has 0 spiro atoms. The highest BCUT2D eigenvalue weighted by atomic mass is 32.2. The summed E-state index contributed by atoms with van der Waals surface area (Å²) in [6.45, 7) is 5.95. The van der Waals surface area contributed by atoms with Crippen molar-refractivity contribution >= 4 is 15.7 Å². The number of piperidine rings is 1. The van der Waals surface area contributed by atoms with Crippen molar-refractivity contribution in [1.82, 2.24) is 10.2 Å². The Morgan fingerprint density at radius 1 is 1.48 bits per heavy atom. The molecule has 7 heteroatoms. The molecule has 2 saturated heterocycles. The van der Waals surface area contributed by atoms with Crippen molar-refractivity contribution < 1.29 is 13.2 Å². The van der Waals surface area contributed by atoms with Gasteiger partial charge in [0.25, 0.3) is 0 Å². The molecule has 0 radical (unpaired) electrons. The Balaban J connectivity index is 1.85. The van der Waals surface area contributed by atoms with Crippen LogP contribution in [0.2, 0.25) is 0 Å². The van der Waals surface area contributed by atoms with E-state index >= 15 is 0 Å². The van der Waals surface area contributed by atoms with Gasteiger partial charge in [0.05, 0.1) is 23.6 Å². The Labute approximate surface area is 127 Å². The highest BCUT2D eigenvalue weighted by Crippen LogP contribution is 2.23. The number of hydrogen-bond acceptors (Lipinski definition) is 5. The summed E-state index contributed by atoms with van der Waals surface area (Å²) < 4.78 is 23.1. The van der Waals surface area contributed by atoms with Crippen LogP contribution in [0.4, 0.5) is 0 Å². The zero-order valence-corrected chi connectivity index (χ0v) is 13.8. The molecule has 2 fully saturated rings.